The molecule has 2 fully saturated rings. The maximum absolute atomic E-state index is 12.6. The molecule has 3 atom stereocenters. The van der Waals surface area contributed by atoms with Crippen LogP contribution in [0.1, 0.15) is 12.8 Å². The fourth-order valence-corrected chi connectivity index (χ4v) is 4.53. The summed E-state index contributed by atoms with van der Waals surface area (Å²) in [6.45, 7) is 0.643. The number of aromatic nitrogens is 2. The first-order valence-electron chi connectivity index (χ1n) is 7.77. The van der Waals surface area contributed by atoms with E-state index >= 15 is 0 Å². The van der Waals surface area contributed by atoms with Gasteiger partial charge in [0.05, 0.1) is 24.3 Å². The lowest BCUT2D eigenvalue weighted by molar-refractivity contribution is -0.123. The topological polar surface area (TPSA) is 105 Å². The maximum Gasteiger partial charge on any atom is 0.281 e. The molecule has 1 N–H and O–H groups in total. The third-order valence-electron chi connectivity index (χ3n) is 4.40. The number of nitrogens with zero attached hydrogens (tertiary/aromatic N) is 4. The van der Waals surface area contributed by atoms with Gasteiger partial charge in [0.25, 0.3) is 10.2 Å². The van der Waals surface area contributed by atoms with Crippen molar-refractivity contribution < 1.29 is 17.9 Å². The minimum Gasteiger partial charge on any atom is -0.376 e. The van der Waals surface area contributed by atoms with Crippen LogP contribution in [-0.4, -0.2) is 72.3 Å². The van der Waals surface area contributed by atoms with E-state index < -0.39 is 16.1 Å². The Morgan fingerprint density at radius 3 is 2.88 bits per heavy atom. The van der Waals surface area contributed by atoms with Gasteiger partial charge in [-0.05, 0) is 12.8 Å². The van der Waals surface area contributed by atoms with E-state index in [4.69, 9.17) is 4.74 Å². The highest BCUT2D eigenvalue weighted by atomic mass is 32.2. The van der Waals surface area contributed by atoms with Crippen molar-refractivity contribution >= 4 is 21.9 Å². The average molecular weight is 355 g/mol. The highest BCUT2D eigenvalue weighted by Gasteiger charge is 2.47. The van der Waals surface area contributed by atoms with Crippen molar-refractivity contribution in [1.29, 1.82) is 0 Å². The fraction of sp³-hybridized carbons (Fsp3) is 0.643. The Kier molecular flexibility index (Phi) is 4.81. The quantitative estimate of drug-likeness (QED) is 0.795. The zero-order valence-electron chi connectivity index (χ0n) is 13.6. The van der Waals surface area contributed by atoms with E-state index in [2.05, 4.69) is 15.3 Å². The molecule has 24 heavy (non-hydrogen) atoms. The number of rotatable bonds is 4. The second-order valence-corrected chi connectivity index (χ2v) is 8.23. The number of nitrogens with one attached hydrogen (secondary N) is 1. The molecule has 1 aromatic heterocycles. The van der Waals surface area contributed by atoms with Crippen molar-refractivity contribution in [2.24, 2.45) is 5.92 Å². The largest absolute Gasteiger partial charge is 0.376 e. The van der Waals surface area contributed by atoms with Gasteiger partial charge in [0.1, 0.15) is 0 Å². The molecule has 2 saturated heterocycles. The summed E-state index contributed by atoms with van der Waals surface area (Å²) >= 11 is 0. The molecule has 0 unspecified atom stereocenters. The van der Waals surface area contributed by atoms with Crippen molar-refractivity contribution in [2.75, 3.05) is 32.6 Å². The van der Waals surface area contributed by atoms with Crippen LogP contribution in [0.4, 0.5) is 5.82 Å². The van der Waals surface area contributed by atoms with E-state index in [1.807, 2.05) is 0 Å². The Bertz CT molecular complexity index is 696. The SMILES string of the molecule is CN(C)S(=O)(=O)N1C[C@@H](C(=O)Nc2cnccn2)C[C@H]2OCC[C@H]21. The third-order valence-corrected chi connectivity index (χ3v) is 6.34. The summed E-state index contributed by atoms with van der Waals surface area (Å²) in [5, 5.41) is 2.69. The molecule has 132 valence electrons. The van der Waals surface area contributed by atoms with Gasteiger partial charge in [0, 0.05) is 39.6 Å². The number of fused-ring (bicyclic) bond motifs is 1. The lowest BCUT2D eigenvalue weighted by atomic mass is 9.91. The van der Waals surface area contributed by atoms with Crippen molar-refractivity contribution in [3.63, 3.8) is 0 Å². The Morgan fingerprint density at radius 1 is 1.42 bits per heavy atom. The highest BCUT2D eigenvalue weighted by Crippen LogP contribution is 2.34. The Morgan fingerprint density at radius 2 is 2.21 bits per heavy atom. The van der Waals surface area contributed by atoms with Gasteiger partial charge in [0.15, 0.2) is 5.82 Å². The highest BCUT2D eigenvalue weighted by molar-refractivity contribution is 7.86. The van der Waals surface area contributed by atoms with E-state index in [-0.39, 0.29) is 24.6 Å². The Labute approximate surface area is 141 Å². The summed E-state index contributed by atoms with van der Waals surface area (Å²) in [5.41, 5.74) is 0. The first-order valence-corrected chi connectivity index (χ1v) is 9.17. The van der Waals surface area contributed by atoms with Crippen molar-refractivity contribution in [3.8, 4) is 0 Å². The monoisotopic (exact) mass is 355 g/mol. The molecular formula is C14H21N5O4S. The summed E-state index contributed by atoms with van der Waals surface area (Å²) in [6.07, 6.45) is 5.33. The van der Waals surface area contributed by atoms with E-state index in [1.54, 1.807) is 0 Å². The summed E-state index contributed by atoms with van der Waals surface area (Å²) in [5.74, 6) is -0.427. The first-order chi connectivity index (χ1) is 11.4. The van der Waals surface area contributed by atoms with Gasteiger partial charge >= 0.3 is 0 Å². The number of hydrogen-bond donors (Lipinski definition) is 1. The van der Waals surface area contributed by atoms with E-state index in [0.717, 1.165) is 0 Å². The summed E-state index contributed by atoms with van der Waals surface area (Å²) < 4.78 is 33.4. The van der Waals surface area contributed by atoms with Gasteiger partial charge in [0.2, 0.25) is 5.91 Å². The first kappa shape index (κ1) is 17.2. The molecule has 9 nitrogen and oxygen atoms in total. The predicted octanol–water partition coefficient (Wildman–Crippen LogP) is -0.299. The normalized spacial score (nSPS) is 27.9. The molecule has 0 radical (unpaired) electrons. The minimum absolute atomic E-state index is 0.136. The van der Waals surface area contributed by atoms with E-state index in [1.165, 1.54) is 41.3 Å². The maximum atomic E-state index is 12.6. The molecule has 0 bridgehead atoms. The summed E-state index contributed by atoms with van der Waals surface area (Å²) in [7, 11) is -0.636. The van der Waals surface area contributed by atoms with Crippen LogP contribution in [0.15, 0.2) is 18.6 Å². The zero-order chi connectivity index (χ0) is 17.3. The molecule has 1 amide bonds. The molecule has 0 aromatic carbocycles. The number of piperidine rings is 1. The number of ether oxygens (including phenoxy) is 1. The number of anilines is 1. The van der Waals surface area contributed by atoms with Crippen LogP contribution < -0.4 is 5.32 Å². The van der Waals surface area contributed by atoms with Crippen LogP contribution in [0.2, 0.25) is 0 Å². The van der Waals surface area contributed by atoms with Gasteiger partial charge in [-0.25, -0.2) is 4.98 Å². The van der Waals surface area contributed by atoms with Crippen LogP contribution in [-0.2, 0) is 19.7 Å². The van der Waals surface area contributed by atoms with Crippen molar-refractivity contribution in [3.05, 3.63) is 18.6 Å². The van der Waals surface area contributed by atoms with Gasteiger partial charge in [-0.2, -0.15) is 17.0 Å². The number of carbonyl (C=O) groups is 1. The number of carbonyl (C=O) groups excluding carboxylic acids is 1. The molecule has 3 heterocycles. The molecule has 10 heteroatoms. The van der Waals surface area contributed by atoms with E-state index in [0.29, 0.717) is 25.3 Å². The van der Waals surface area contributed by atoms with Crippen LogP contribution in [0.25, 0.3) is 0 Å². The zero-order valence-corrected chi connectivity index (χ0v) is 14.4. The molecule has 0 aliphatic carbocycles. The predicted molar refractivity (Wildman–Crippen MR) is 86.2 cm³/mol. The molecule has 0 saturated carbocycles. The number of amides is 1. The average Bonchev–Trinajstić information content (AvgIpc) is 3.02. The third kappa shape index (κ3) is 3.27. The lowest BCUT2D eigenvalue weighted by Crippen LogP contribution is -2.56. The fourth-order valence-electron chi connectivity index (χ4n) is 3.16. The molecule has 3 rings (SSSR count). The van der Waals surface area contributed by atoms with Crippen LogP contribution >= 0.6 is 0 Å². The van der Waals surface area contributed by atoms with E-state index in [9.17, 15) is 13.2 Å². The van der Waals surface area contributed by atoms with Crippen molar-refractivity contribution in [2.45, 2.75) is 25.0 Å². The molecule has 2 aliphatic rings. The van der Waals surface area contributed by atoms with Crippen molar-refractivity contribution in [1.82, 2.24) is 18.6 Å². The Balaban J connectivity index is 1.79. The summed E-state index contributed by atoms with van der Waals surface area (Å²) in [4.78, 5) is 20.4. The van der Waals surface area contributed by atoms with Gasteiger partial charge in [-0.15, -0.1) is 0 Å². The van der Waals surface area contributed by atoms with Gasteiger partial charge < -0.3 is 10.1 Å². The Hall–Kier alpha value is -1.62. The molecule has 1 aromatic rings. The minimum atomic E-state index is -3.61. The number of hydrogen-bond acceptors (Lipinski definition) is 6. The van der Waals surface area contributed by atoms with Crippen LogP contribution in [0.3, 0.4) is 0 Å². The standard InChI is InChI=1S/C14H21N5O4S/c1-18(2)24(21,22)19-9-10(7-12-11(19)3-6-23-12)14(20)17-13-8-15-4-5-16-13/h4-5,8,10-12H,3,6-7,9H2,1-2H3,(H,16,17,20)/t10-,11+,12+/m0/s1. The molecule has 0 spiro atoms. The molecule has 2 aliphatic heterocycles. The second kappa shape index (κ2) is 6.71. The van der Waals surface area contributed by atoms with Crippen LogP contribution in [0.5, 0.6) is 0 Å². The van der Waals surface area contributed by atoms with Crippen LogP contribution in [0, 0.1) is 5.92 Å². The van der Waals surface area contributed by atoms with Gasteiger partial charge in [-0.1, -0.05) is 0 Å². The lowest BCUT2D eigenvalue weighted by Gasteiger charge is -2.40. The van der Waals surface area contributed by atoms with Gasteiger partial charge in [-0.3, -0.25) is 9.78 Å². The summed E-state index contributed by atoms with van der Waals surface area (Å²) in [6, 6.07) is -0.210. The second-order valence-electron chi connectivity index (χ2n) is 6.14. The molecular weight excluding hydrogens is 334 g/mol. The smallest absolute Gasteiger partial charge is 0.281 e.